The summed E-state index contributed by atoms with van der Waals surface area (Å²) in [5.74, 6) is 0.0477. The highest BCUT2D eigenvalue weighted by atomic mass is 16.2. The second-order valence-corrected chi connectivity index (χ2v) is 4.27. The van der Waals surface area contributed by atoms with Crippen LogP contribution in [0, 0.1) is 0 Å². The standard InChI is InChI=1S/C9H19N3O/c1-7(10)8(13)12-5-4-11-6-9(12,2)3/h7,11H,4-6,10H2,1-3H3. The first-order chi connectivity index (χ1) is 5.95. The molecular weight excluding hydrogens is 166 g/mol. The maximum absolute atomic E-state index is 11.7. The molecule has 4 nitrogen and oxygen atoms in total. The van der Waals surface area contributed by atoms with Gasteiger partial charge in [0.25, 0.3) is 0 Å². The molecule has 1 unspecified atom stereocenters. The van der Waals surface area contributed by atoms with E-state index in [1.54, 1.807) is 6.92 Å². The lowest BCUT2D eigenvalue weighted by molar-refractivity contribution is -0.138. The zero-order valence-corrected chi connectivity index (χ0v) is 8.63. The Kier molecular flexibility index (Phi) is 2.93. The van der Waals surface area contributed by atoms with Crippen molar-refractivity contribution in [1.29, 1.82) is 0 Å². The summed E-state index contributed by atoms with van der Waals surface area (Å²) in [5.41, 5.74) is 5.47. The highest BCUT2D eigenvalue weighted by Gasteiger charge is 2.34. The van der Waals surface area contributed by atoms with Crippen molar-refractivity contribution in [2.24, 2.45) is 5.73 Å². The van der Waals surface area contributed by atoms with Crippen molar-refractivity contribution in [2.75, 3.05) is 19.6 Å². The van der Waals surface area contributed by atoms with Crippen molar-refractivity contribution in [3.8, 4) is 0 Å². The topological polar surface area (TPSA) is 58.4 Å². The Labute approximate surface area is 79.5 Å². The van der Waals surface area contributed by atoms with Crippen molar-refractivity contribution in [3.63, 3.8) is 0 Å². The van der Waals surface area contributed by atoms with Crippen molar-refractivity contribution in [2.45, 2.75) is 32.4 Å². The Bertz CT molecular complexity index is 201. The molecule has 0 aliphatic carbocycles. The molecule has 1 rings (SSSR count). The van der Waals surface area contributed by atoms with Crippen LogP contribution in [0.3, 0.4) is 0 Å². The lowest BCUT2D eigenvalue weighted by Gasteiger charge is -2.43. The fourth-order valence-electron chi connectivity index (χ4n) is 1.64. The third-order valence-corrected chi connectivity index (χ3v) is 2.46. The van der Waals surface area contributed by atoms with E-state index >= 15 is 0 Å². The lowest BCUT2D eigenvalue weighted by Crippen LogP contribution is -2.62. The van der Waals surface area contributed by atoms with E-state index in [9.17, 15) is 4.79 Å². The number of nitrogens with one attached hydrogen (secondary N) is 1. The Morgan fingerprint density at radius 3 is 2.69 bits per heavy atom. The average molecular weight is 185 g/mol. The minimum absolute atomic E-state index is 0.0477. The molecule has 0 aromatic heterocycles. The summed E-state index contributed by atoms with van der Waals surface area (Å²) < 4.78 is 0. The highest BCUT2D eigenvalue weighted by molar-refractivity contribution is 5.82. The summed E-state index contributed by atoms with van der Waals surface area (Å²) in [4.78, 5) is 13.6. The van der Waals surface area contributed by atoms with E-state index in [2.05, 4.69) is 19.2 Å². The zero-order chi connectivity index (χ0) is 10.1. The van der Waals surface area contributed by atoms with E-state index in [1.165, 1.54) is 0 Å². The number of carbonyl (C=O) groups excluding carboxylic acids is 1. The molecule has 1 aliphatic rings. The molecule has 0 saturated carbocycles. The molecule has 76 valence electrons. The van der Waals surface area contributed by atoms with Crippen LogP contribution in [0.15, 0.2) is 0 Å². The van der Waals surface area contributed by atoms with E-state index in [4.69, 9.17) is 5.73 Å². The van der Waals surface area contributed by atoms with Crippen LogP contribution >= 0.6 is 0 Å². The van der Waals surface area contributed by atoms with Crippen LogP contribution in [0.4, 0.5) is 0 Å². The van der Waals surface area contributed by atoms with Crippen LogP contribution in [0.1, 0.15) is 20.8 Å². The number of carbonyl (C=O) groups is 1. The van der Waals surface area contributed by atoms with Gasteiger partial charge in [-0.15, -0.1) is 0 Å². The molecule has 1 atom stereocenters. The maximum Gasteiger partial charge on any atom is 0.239 e. The number of nitrogens with two attached hydrogens (primary N) is 1. The Hall–Kier alpha value is -0.610. The van der Waals surface area contributed by atoms with Gasteiger partial charge >= 0.3 is 0 Å². The Morgan fingerprint density at radius 2 is 2.23 bits per heavy atom. The van der Waals surface area contributed by atoms with Crippen LogP contribution in [-0.4, -0.2) is 42.0 Å². The molecule has 1 amide bonds. The van der Waals surface area contributed by atoms with E-state index in [1.807, 2.05) is 4.90 Å². The van der Waals surface area contributed by atoms with Crippen molar-refractivity contribution in [3.05, 3.63) is 0 Å². The van der Waals surface area contributed by atoms with Gasteiger partial charge in [0, 0.05) is 25.2 Å². The summed E-state index contributed by atoms with van der Waals surface area (Å²) >= 11 is 0. The van der Waals surface area contributed by atoms with Gasteiger partial charge in [-0.25, -0.2) is 0 Å². The maximum atomic E-state index is 11.7. The van der Waals surface area contributed by atoms with Gasteiger partial charge in [0.05, 0.1) is 6.04 Å². The summed E-state index contributed by atoms with van der Waals surface area (Å²) in [7, 11) is 0. The summed E-state index contributed by atoms with van der Waals surface area (Å²) in [6.07, 6.45) is 0. The molecule has 0 aromatic rings. The predicted molar refractivity (Wildman–Crippen MR) is 52.3 cm³/mol. The SMILES string of the molecule is CC(N)C(=O)N1CCNCC1(C)C. The number of hydrogen-bond donors (Lipinski definition) is 2. The normalized spacial score (nSPS) is 24.2. The highest BCUT2D eigenvalue weighted by Crippen LogP contribution is 2.16. The molecule has 1 aliphatic heterocycles. The molecule has 0 aromatic carbocycles. The second-order valence-electron chi connectivity index (χ2n) is 4.27. The van der Waals surface area contributed by atoms with Gasteiger partial charge in [-0.3, -0.25) is 4.79 Å². The van der Waals surface area contributed by atoms with Crippen LogP contribution in [-0.2, 0) is 4.79 Å². The van der Waals surface area contributed by atoms with Gasteiger partial charge in [0.1, 0.15) is 0 Å². The molecule has 13 heavy (non-hydrogen) atoms. The first-order valence-corrected chi connectivity index (χ1v) is 4.73. The average Bonchev–Trinajstić information content (AvgIpc) is 2.02. The van der Waals surface area contributed by atoms with Gasteiger partial charge in [-0.2, -0.15) is 0 Å². The van der Waals surface area contributed by atoms with Crippen molar-refractivity contribution in [1.82, 2.24) is 10.2 Å². The molecule has 4 heteroatoms. The first kappa shape index (κ1) is 10.5. The number of rotatable bonds is 1. The van der Waals surface area contributed by atoms with E-state index in [0.29, 0.717) is 0 Å². The van der Waals surface area contributed by atoms with Gasteiger partial charge in [-0.05, 0) is 20.8 Å². The molecule has 1 heterocycles. The third kappa shape index (κ3) is 2.19. The van der Waals surface area contributed by atoms with E-state index < -0.39 is 6.04 Å². The van der Waals surface area contributed by atoms with Gasteiger partial charge in [0.2, 0.25) is 5.91 Å². The summed E-state index contributed by atoms with van der Waals surface area (Å²) in [6.45, 7) is 8.31. The van der Waals surface area contributed by atoms with Crippen molar-refractivity contribution >= 4 is 5.91 Å². The van der Waals surface area contributed by atoms with Gasteiger partial charge in [0.15, 0.2) is 0 Å². The molecular formula is C9H19N3O. The van der Waals surface area contributed by atoms with Crippen LogP contribution < -0.4 is 11.1 Å². The van der Waals surface area contributed by atoms with Crippen LogP contribution in [0.5, 0.6) is 0 Å². The summed E-state index contributed by atoms with van der Waals surface area (Å²) in [5, 5.41) is 3.26. The predicted octanol–water partition coefficient (Wildman–Crippen LogP) is -0.456. The molecule has 0 spiro atoms. The smallest absolute Gasteiger partial charge is 0.239 e. The van der Waals surface area contributed by atoms with Crippen LogP contribution in [0.2, 0.25) is 0 Å². The fraction of sp³-hybridized carbons (Fsp3) is 0.889. The number of hydrogen-bond acceptors (Lipinski definition) is 3. The lowest BCUT2D eigenvalue weighted by atomic mass is 9.99. The quantitative estimate of drug-likeness (QED) is 0.581. The first-order valence-electron chi connectivity index (χ1n) is 4.73. The molecule has 0 radical (unpaired) electrons. The molecule has 0 bridgehead atoms. The fourth-order valence-corrected chi connectivity index (χ4v) is 1.64. The molecule has 1 fully saturated rings. The van der Waals surface area contributed by atoms with E-state index in [0.717, 1.165) is 19.6 Å². The molecule has 3 N–H and O–H groups in total. The third-order valence-electron chi connectivity index (χ3n) is 2.46. The van der Waals surface area contributed by atoms with E-state index in [-0.39, 0.29) is 11.4 Å². The second kappa shape index (κ2) is 3.64. The van der Waals surface area contributed by atoms with Crippen LogP contribution in [0.25, 0.3) is 0 Å². The Balaban J connectivity index is 2.71. The minimum atomic E-state index is -0.391. The van der Waals surface area contributed by atoms with Crippen molar-refractivity contribution < 1.29 is 4.79 Å². The zero-order valence-electron chi connectivity index (χ0n) is 8.63. The number of piperazine rings is 1. The van der Waals surface area contributed by atoms with Gasteiger partial charge in [-0.1, -0.05) is 0 Å². The number of amides is 1. The minimum Gasteiger partial charge on any atom is -0.334 e. The molecule has 1 saturated heterocycles. The van der Waals surface area contributed by atoms with Gasteiger partial charge < -0.3 is 16.0 Å². The number of nitrogens with zero attached hydrogens (tertiary/aromatic N) is 1. The Morgan fingerprint density at radius 1 is 1.62 bits per heavy atom. The monoisotopic (exact) mass is 185 g/mol. The largest absolute Gasteiger partial charge is 0.334 e. The summed E-state index contributed by atoms with van der Waals surface area (Å²) in [6, 6.07) is -0.391.